The van der Waals surface area contributed by atoms with Crippen LogP contribution >= 0.6 is 0 Å². The van der Waals surface area contributed by atoms with Crippen LogP contribution in [0.4, 0.5) is 5.82 Å². The number of hydrogen-bond acceptors (Lipinski definition) is 8. The van der Waals surface area contributed by atoms with Gasteiger partial charge in [0.1, 0.15) is 5.76 Å². The van der Waals surface area contributed by atoms with Gasteiger partial charge >= 0.3 is 5.97 Å². The number of esters is 1. The standard InChI is InChI=1S/C21H26N4O7S/c1-14-12-18(23-32-14)22-19(26)13-24(2)20(27)15-8-10-25(11-9-15)33(29,30)17-7-5-4-6-16(17)21(28)31-3/h4-7,12,15H,8-11,13H2,1-3H3,(H,22,23,26). The molecule has 1 aromatic carbocycles. The first-order valence-corrected chi connectivity index (χ1v) is 11.7. The minimum atomic E-state index is -3.94. The summed E-state index contributed by atoms with van der Waals surface area (Å²) in [6.45, 7) is 1.76. The second kappa shape index (κ2) is 10.1. The summed E-state index contributed by atoms with van der Waals surface area (Å²) in [5.74, 6) is -0.999. The number of nitrogens with one attached hydrogen (secondary N) is 1. The molecule has 33 heavy (non-hydrogen) atoms. The predicted molar refractivity (Wildman–Crippen MR) is 117 cm³/mol. The third kappa shape index (κ3) is 5.57. The maximum absolute atomic E-state index is 13.1. The first kappa shape index (κ1) is 24.4. The van der Waals surface area contributed by atoms with Crippen molar-refractivity contribution in [1.29, 1.82) is 0 Å². The van der Waals surface area contributed by atoms with Crippen LogP contribution < -0.4 is 5.32 Å². The molecule has 0 unspecified atom stereocenters. The van der Waals surface area contributed by atoms with Crippen molar-refractivity contribution in [3.8, 4) is 0 Å². The topological polar surface area (TPSA) is 139 Å². The van der Waals surface area contributed by atoms with Gasteiger partial charge in [-0.1, -0.05) is 17.3 Å². The van der Waals surface area contributed by atoms with Gasteiger partial charge in [-0.25, -0.2) is 13.2 Å². The van der Waals surface area contributed by atoms with Crippen LogP contribution in [0.1, 0.15) is 29.0 Å². The molecule has 178 valence electrons. The summed E-state index contributed by atoms with van der Waals surface area (Å²) >= 11 is 0. The van der Waals surface area contributed by atoms with Gasteiger partial charge in [-0.05, 0) is 31.9 Å². The van der Waals surface area contributed by atoms with Gasteiger partial charge in [0.05, 0.1) is 24.1 Å². The van der Waals surface area contributed by atoms with Crippen molar-refractivity contribution in [2.45, 2.75) is 24.7 Å². The zero-order valence-electron chi connectivity index (χ0n) is 18.6. The molecule has 1 N–H and O–H groups in total. The number of piperidine rings is 1. The van der Waals surface area contributed by atoms with Crippen LogP contribution in [0.5, 0.6) is 0 Å². The molecule has 2 heterocycles. The normalized spacial score (nSPS) is 15.1. The molecule has 1 saturated heterocycles. The molecule has 0 atom stereocenters. The highest BCUT2D eigenvalue weighted by Crippen LogP contribution is 2.27. The molecule has 2 aromatic rings. The van der Waals surface area contributed by atoms with E-state index in [0.29, 0.717) is 18.6 Å². The number of benzene rings is 1. The van der Waals surface area contributed by atoms with Crippen molar-refractivity contribution in [2.24, 2.45) is 5.92 Å². The predicted octanol–water partition coefficient (Wildman–Crippen LogP) is 1.27. The number of aromatic nitrogens is 1. The number of ether oxygens (including phenoxy) is 1. The molecular weight excluding hydrogens is 452 g/mol. The monoisotopic (exact) mass is 478 g/mol. The van der Waals surface area contributed by atoms with Crippen molar-refractivity contribution in [2.75, 3.05) is 39.1 Å². The largest absolute Gasteiger partial charge is 0.465 e. The van der Waals surface area contributed by atoms with Crippen molar-refractivity contribution < 1.29 is 32.1 Å². The van der Waals surface area contributed by atoms with Gasteiger partial charge in [0.2, 0.25) is 21.8 Å². The Morgan fingerprint density at radius 1 is 1.24 bits per heavy atom. The maximum atomic E-state index is 13.1. The number of amides is 2. The first-order valence-electron chi connectivity index (χ1n) is 10.3. The Morgan fingerprint density at radius 3 is 2.52 bits per heavy atom. The second-order valence-corrected chi connectivity index (χ2v) is 9.64. The molecule has 0 bridgehead atoms. The maximum Gasteiger partial charge on any atom is 0.339 e. The SMILES string of the molecule is COC(=O)c1ccccc1S(=O)(=O)N1CCC(C(=O)N(C)CC(=O)Nc2cc(C)on2)CC1. The number of likely N-dealkylation sites (N-methyl/N-ethyl adjacent to an activating group) is 1. The van der Waals surface area contributed by atoms with Gasteiger partial charge in [0, 0.05) is 32.1 Å². The minimum Gasteiger partial charge on any atom is -0.465 e. The van der Waals surface area contributed by atoms with E-state index in [1.54, 1.807) is 19.1 Å². The fourth-order valence-electron chi connectivity index (χ4n) is 3.67. The van der Waals surface area contributed by atoms with Crippen LogP contribution in [0, 0.1) is 12.8 Å². The lowest BCUT2D eigenvalue weighted by molar-refractivity contribution is -0.138. The van der Waals surface area contributed by atoms with E-state index >= 15 is 0 Å². The molecule has 1 aliphatic rings. The smallest absolute Gasteiger partial charge is 0.339 e. The van der Waals surface area contributed by atoms with Crippen molar-refractivity contribution >= 4 is 33.6 Å². The number of nitrogens with zero attached hydrogens (tertiary/aromatic N) is 3. The molecule has 1 aromatic heterocycles. The van der Waals surface area contributed by atoms with E-state index < -0.39 is 27.8 Å². The summed E-state index contributed by atoms with van der Waals surface area (Å²) in [6.07, 6.45) is 0.597. The quantitative estimate of drug-likeness (QED) is 0.587. The van der Waals surface area contributed by atoms with Crippen LogP contribution in [0.2, 0.25) is 0 Å². The first-order chi connectivity index (χ1) is 15.6. The molecule has 0 radical (unpaired) electrons. The number of rotatable bonds is 7. The fraction of sp³-hybridized carbons (Fsp3) is 0.429. The number of carbonyl (C=O) groups is 3. The van der Waals surface area contributed by atoms with Crippen molar-refractivity contribution in [3.05, 3.63) is 41.7 Å². The number of carbonyl (C=O) groups excluding carboxylic acids is 3. The highest BCUT2D eigenvalue weighted by atomic mass is 32.2. The molecule has 12 heteroatoms. The molecule has 0 spiro atoms. The fourth-order valence-corrected chi connectivity index (χ4v) is 5.31. The Morgan fingerprint density at radius 2 is 1.91 bits per heavy atom. The molecule has 1 aliphatic heterocycles. The lowest BCUT2D eigenvalue weighted by Gasteiger charge is -2.32. The van der Waals surface area contributed by atoms with E-state index in [-0.39, 0.29) is 41.8 Å². The highest BCUT2D eigenvalue weighted by Gasteiger charge is 2.35. The number of anilines is 1. The van der Waals surface area contributed by atoms with Gasteiger partial charge in [-0.2, -0.15) is 4.31 Å². The van der Waals surface area contributed by atoms with Gasteiger partial charge in [-0.3, -0.25) is 9.59 Å². The van der Waals surface area contributed by atoms with Gasteiger partial charge in [-0.15, -0.1) is 0 Å². The molecule has 11 nitrogen and oxygen atoms in total. The summed E-state index contributed by atoms with van der Waals surface area (Å²) in [6, 6.07) is 7.42. The van der Waals surface area contributed by atoms with E-state index in [4.69, 9.17) is 9.26 Å². The number of hydrogen-bond donors (Lipinski definition) is 1. The summed E-state index contributed by atoms with van der Waals surface area (Å²) in [5, 5.41) is 6.23. The summed E-state index contributed by atoms with van der Waals surface area (Å²) in [7, 11) is -1.23. The molecule has 0 aliphatic carbocycles. The van der Waals surface area contributed by atoms with Gasteiger partial charge < -0.3 is 19.5 Å². The molecule has 3 rings (SSSR count). The molecule has 2 amide bonds. The lowest BCUT2D eigenvalue weighted by atomic mass is 9.97. The van der Waals surface area contributed by atoms with Crippen LogP contribution in [0.15, 0.2) is 39.8 Å². The minimum absolute atomic E-state index is 0.0359. The Hall–Kier alpha value is -3.25. The van der Waals surface area contributed by atoms with Crippen molar-refractivity contribution in [3.63, 3.8) is 0 Å². The van der Waals surface area contributed by atoms with Crippen molar-refractivity contribution in [1.82, 2.24) is 14.4 Å². The highest BCUT2D eigenvalue weighted by molar-refractivity contribution is 7.89. The summed E-state index contributed by atoms with van der Waals surface area (Å²) in [4.78, 5) is 38.1. The van der Waals surface area contributed by atoms with E-state index in [2.05, 4.69) is 10.5 Å². The van der Waals surface area contributed by atoms with Gasteiger partial charge in [0.15, 0.2) is 5.82 Å². The molecule has 1 fully saturated rings. The Bertz CT molecular complexity index is 1140. The number of aryl methyl sites for hydroxylation is 1. The van der Waals surface area contributed by atoms with Crippen LogP contribution in [-0.4, -0.2) is 74.4 Å². The zero-order chi connectivity index (χ0) is 24.2. The van der Waals surface area contributed by atoms with E-state index in [1.165, 1.54) is 41.6 Å². The van der Waals surface area contributed by atoms with E-state index in [1.807, 2.05) is 0 Å². The average molecular weight is 479 g/mol. The molecular formula is C21H26N4O7S. The zero-order valence-corrected chi connectivity index (χ0v) is 19.4. The van der Waals surface area contributed by atoms with E-state index in [9.17, 15) is 22.8 Å². The van der Waals surface area contributed by atoms with Gasteiger partial charge in [0.25, 0.3) is 0 Å². The van der Waals surface area contributed by atoms with Crippen LogP contribution in [-0.2, 0) is 24.3 Å². The number of methoxy groups -OCH3 is 1. The summed E-state index contributed by atoms with van der Waals surface area (Å²) in [5.41, 5.74) is -0.0359. The second-order valence-electron chi connectivity index (χ2n) is 7.73. The third-order valence-corrected chi connectivity index (χ3v) is 7.32. The van der Waals surface area contributed by atoms with E-state index in [0.717, 1.165) is 0 Å². The Labute approximate surface area is 191 Å². The Balaban J connectivity index is 1.59. The average Bonchev–Trinajstić information content (AvgIpc) is 3.22. The summed E-state index contributed by atoms with van der Waals surface area (Å²) < 4.78 is 37.1. The Kier molecular flexibility index (Phi) is 7.49. The molecule has 0 saturated carbocycles. The van der Waals surface area contributed by atoms with Crippen LogP contribution in [0.3, 0.4) is 0 Å². The third-order valence-electron chi connectivity index (χ3n) is 5.37. The lowest BCUT2D eigenvalue weighted by Crippen LogP contribution is -2.45. The van der Waals surface area contributed by atoms with Crippen LogP contribution in [0.25, 0.3) is 0 Å². The number of sulfonamides is 1.